The Morgan fingerprint density at radius 3 is 3.15 bits per heavy atom. The van der Waals surface area contributed by atoms with Crippen LogP contribution in [0, 0.1) is 0 Å². The molecule has 0 amide bonds. The van der Waals surface area contributed by atoms with Crippen molar-refractivity contribution in [1.82, 2.24) is 0 Å². The number of anilines is 1. The zero-order valence-corrected chi connectivity index (χ0v) is 7.89. The predicted molar refractivity (Wildman–Crippen MR) is 54.9 cm³/mol. The molecule has 13 heavy (non-hydrogen) atoms. The number of amidine groups is 1. The smallest absolute Gasteiger partial charge is 0.143 e. The van der Waals surface area contributed by atoms with Crippen LogP contribution in [0.3, 0.4) is 0 Å². The van der Waals surface area contributed by atoms with Crippen LogP contribution in [0.25, 0.3) is 0 Å². The van der Waals surface area contributed by atoms with Gasteiger partial charge in [0.05, 0.1) is 24.9 Å². The Balaban J connectivity index is 2.57. The van der Waals surface area contributed by atoms with E-state index in [1.54, 1.807) is 7.11 Å². The molecule has 0 bridgehead atoms. The Bertz CT molecular complexity index is 364. The molecule has 5 heteroatoms. The zero-order chi connectivity index (χ0) is 9.26. The molecular weight excluding hydrogens is 186 g/mol. The van der Waals surface area contributed by atoms with Crippen molar-refractivity contribution in [2.24, 2.45) is 10.1 Å². The van der Waals surface area contributed by atoms with E-state index in [1.807, 2.05) is 18.2 Å². The molecule has 0 fully saturated rings. The van der Waals surface area contributed by atoms with Crippen molar-refractivity contribution >= 4 is 23.7 Å². The molecule has 2 rings (SSSR count). The summed E-state index contributed by atoms with van der Waals surface area (Å²) in [6.07, 6.45) is 0. The van der Waals surface area contributed by atoms with Gasteiger partial charge in [-0.1, -0.05) is 6.07 Å². The summed E-state index contributed by atoms with van der Waals surface area (Å²) in [5, 5.41) is 0. The fraction of sp³-hybridized carbons (Fsp3) is 0.125. The highest BCUT2D eigenvalue weighted by molar-refractivity contribution is 7.99. The summed E-state index contributed by atoms with van der Waals surface area (Å²) in [5.41, 5.74) is 7.48. The normalized spacial score (nSPS) is 14.1. The Kier molecular flexibility index (Phi) is 2.02. The van der Waals surface area contributed by atoms with Crippen LogP contribution in [-0.2, 0) is 0 Å². The van der Waals surface area contributed by atoms with Crippen LogP contribution in [0.5, 0.6) is 5.75 Å². The lowest BCUT2D eigenvalue weighted by Gasteiger charge is -2.16. The molecule has 1 aliphatic rings. The molecule has 0 atom stereocenters. The van der Waals surface area contributed by atoms with Crippen LogP contribution in [0.4, 0.5) is 5.69 Å². The van der Waals surface area contributed by atoms with E-state index in [1.165, 1.54) is 12.1 Å². The van der Waals surface area contributed by atoms with E-state index in [-0.39, 0.29) is 0 Å². The Morgan fingerprint density at radius 2 is 2.38 bits per heavy atom. The molecule has 0 unspecified atom stereocenters. The maximum Gasteiger partial charge on any atom is 0.143 e. The number of ether oxygens (including phenoxy) is 1. The highest BCUT2D eigenvalue weighted by atomic mass is 32.2. The standard InChI is InChI=1S/C8H9N3OS/c1-12-6-4-2-3-5-7(6)10-13-11-8(5)9/h2-4,10H,1H3,(H2,9,11). The summed E-state index contributed by atoms with van der Waals surface area (Å²) in [7, 11) is 1.63. The van der Waals surface area contributed by atoms with Gasteiger partial charge in [0.1, 0.15) is 11.6 Å². The lowest BCUT2D eigenvalue weighted by molar-refractivity contribution is 0.417. The molecule has 3 N–H and O–H groups in total. The largest absolute Gasteiger partial charge is 0.495 e. The SMILES string of the molecule is COc1cccc2c1NSN=C2N. The van der Waals surface area contributed by atoms with Gasteiger partial charge in [0.25, 0.3) is 0 Å². The minimum absolute atomic E-state index is 0.526. The summed E-state index contributed by atoms with van der Waals surface area (Å²) < 4.78 is 12.2. The summed E-state index contributed by atoms with van der Waals surface area (Å²) in [4.78, 5) is 0. The van der Waals surface area contributed by atoms with Crippen molar-refractivity contribution in [3.8, 4) is 5.75 Å². The van der Waals surface area contributed by atoms with Gasteiger partial charge in [0, 0.05) is 5.56 Å². The number of hydrogen-bond acceptors (Lipinski definition) is 5. The second-order valence-electron chi connectivity index (χ2n) is 2.55. The fourth-order valence-electron chi connectivity index (χ4n) is 1.19. The maximum absolute atomic E-state index is 5.70. The third-order valence-corrected chi connectivity index (χ3v) is 2.40. The van der Waals surface area contributed by atoms with Gasteiger partial charge in [-0.25, -0.2) is 0 Å². The van der Waals surface area contributed by atoms with E-state index in [0.717, 1.165) is 17.0 Å². The van der Waals surface area contributed by atoms with Gasteiger partial charge >= 0.3 is 0 Å². The van der Waals surface area contributed by atoms with Crippen molar-refractivity contribution in [2.45, 2.75) is 0 Å². The zero-order valence-electron chi connectivity index (χ0n) is 7.07. The lowest BCUT2D eigenvalue weighted by Crippen LogP contribution is -2.17. The molecule has 0 saturated carbocycles. The topological polar surface area (TPSA) is 59.6 Å². The molecule has 68 valence electrons. The molecule has 1 aliphatic heterocycles. The van der Waals surface area contributed by atoms with E-state index >= 15 is 0 Å². The van der Waals surface area contributed by atoms with E-state index in [4.69, 9.17) is 10.5 Å². The van der Waals surface area contributed by atoms with Crippen molar-refractivity contribution in [2.75, 3.05) is 11.8 Å². The second-order valence-corrected chi connectivity index (χ2v) is 3.12. The molecule has 1 heterocycles. The van der Waals surface area contributed by atoms with Crippen molar-refractivity contribution in [3.63, 3.8) is 0 Å². The van der Waals surface area contributed by atoms with E-state index in [9.17, 15) is 0 Å². The fourth-order valence-corrected chi connectivity index (χ4v) is 1.73. The number of nitrogens with one attached hydrogen (secondary N) is 1. The van der Waals surface area contributed by atoms with Crippen LogP contribution in [0.1, 0.15) is 5.56 Å². The minimum Gasteiger partial charge on any atom is -0.495 e. The van der Waals surface area contributed by atoms with E-state index in [0.29, 0.717) is 5.84 Å². The second kappa shape index (κ2) is 3.18. The van der Waals surface area contributed by atoms with Crippen molar-refractivity contribution in [3.05, 3.63) is 23.8 Å². The molecule has 0 saturated heterocycles. The number of hydrogen-bond donors (Lipinski definition) is 2. The third kappa shape index (κ3) is 1.31. The number of nitrogens with two attached hydrogens (primary N) is 1. The number of benzene rings is 1. The van der Waals surface area contributed by atoms with Crippen LogP contribution in [-0.4, -0.2) is 12.9 Å². The van der Waals surface area contributed by atoms with Crippen molar-refractivity contribution < 1.29 is 4.74 Å². The number of para-hydroxylation sites is 1. The summed E-state index contributed by atoms with van der Waals surface area (Å²) in [5.74, 6) is 1.31. The Hall–Kier alpha value is -1.36. The van der Waals surface area contributed by atoms with Crippen molar-refractivity contribution in [1.29, 1.82) is 0 Å². The highest BCUT2D eigenvalue weighted by Crippen LogP contribution is 2.33. The number of rotatable bonds is 1. The lowest BCUT2D eigenvalue weighted by atomic mass is 10.1. The van der Waals surface area contributed by atoms with Gasteiger partial charge in [0.15, 0.2) is 0 Å². The van der Waals surface area contributed by atoms with E-state index < -0.39 is 0 Å². The Labute approximate surface area is 80.4 Å². The van der Waals surface area contributed by atoms with E-state index in [2.05, 4.69) is 9.12 Å². The minimum atomic E-state index is 0.526. The monoisotopic (exact) mass is 195 g/mol. The first kappa shape index (κ1) is 8.25. The molecule has 0 aromatic heterocycles. The summed E-state index contributed by atoms with van der Waals surface area (Å²) >= 11 is 1.21. The van der Waals surface area contributed by atoms with Gasteiger partial charge < -0.3 is 15.2 Å². The first-order chi connectivity index (χ1) is 6.33. The van der Waals surface area contributed by atoms with Gasteiger partial charge in [-0.15, -0.1) is 0 Å². The van der Waals surface area contributed by atoms with Gasteiger partial charge in [-0.05, 0) is 12.1 Å². The number of nitrogens with zero attached hydrogens (tertiary/aromatic N) is 1. The van der Waals surface area contributed by atoms with Gasteiger partial charge in [-0.2, -0.15) is 4.40 Å². The molecule has 0 aliphatic carbocycles. The van der Waals surface area contributed by atoms with Gasteiger partial charge in [0.2, 0.25) is 0 Å². The average molecular weight is 195 g/mol. The molecular formula is C8H9N3OS. The molecule has 1 aromatic rings. The highest BCUT2D eigenvalue weighted by Gasteiger charge is 2.15. The molecule has 0 radical (unpaired) electrons. The first-order valence-corrected chi connectivity index (χ1v) is 4.53. The predicted octanol–water partition coefficient (Wildman–Crippen LogP) is 1.39. The quantitative estimate of drug-likeness (QED) is 0.665. The third-order valence-electron chi connectivity index (χ3n) is 1.81. The van der Waals surface area contributed by atoms with Crippen LogP contribution in [0.15, 0.2) is 22.6 Å². The van der Waals surface area contributed by atoms with Crippen LogP contribution in [0.2, 0.25) is 0 Å². The molecule has 4 nitrogen and oxygen atoms in total. The Morgan fingerprint density at radius 1 is 1.54 bits per heavy atom. The summed E-state index contributed by atoms with van der Waals surface area (Å²) in [6.45, 7) is 0. The first-order valence-electron chi connectivity index (χ1n) is 3.76. The molecule has 0 spiro atoms. The number of fused-ring (bicyclic) bond motifs is 1. The van der Waals surface area contributed by atoms with Crippen LogP contribution >= 0.6 is 12.1 Å². The molecule has 1 aromatic carbocycles. The average Bonchev–Trinajstić information content (AvgIpc) is 2.18. The maximum atomic E-state index is 5.70. The number of methoxy groups -OCH3 is 1. The van der Waals surface area contributed by atoms with Crippen LogP contribution < -0.4 is 15.2 Å². The summed E-state index contributed by atoms with van der Waals surface area (Å²) in [6, 6.07) is 5.67. The van der Waals surface area contributed by atoms with Gasteiger partial charge in [-0.3, -0.25) is 0 Å².